The van der Waals surface area contributed by atoms with Crippen LogP contribution in [-0.4, -0.2) is 5.66 Å². The van der Waals surface area contributed by atoms with E-state index in [9.17, 15) is 0 Å². The second kappa shape index (κ2) is 10.6. The van der Waals surface area contributed by atoms with Crippen LogP contribution in [0.25, 0.3) is 0 Å². The minimum Gasteiger partial charge on any atom is -1.00 e. The van der Waals surface area contributed by atoms with E-state index in [0.717, 1.165) is 5.66 Å². The van der Waals surface area contributed by atoms with Crippen LogP contribution in [0.1, 0.15) is 44.9 Å². The highest BCUT2D eigenvalue weighted by atomic mass is 127. The molecule has 0 unspecified atom stereocenters. The Labute approximate surface area is 188 Å². The van der Waals surface area contributed by atoms with E-state index in [4.69, 9.17) is 0 Å². The van der Waals surface area contributed by atoms with Crippen molar-refractivity contribution in [3.8, 4) is 0 Å². The van der Waals surface area contributed by atoms with Gasteiger partial charge in [0.2, 0.25) is 0 Å². The minimum atomic E-state index is -1.68. The van der Waals surface area contributed by atoms with Crippen LogP contribution in [0.2, 0.25) is 0 Å². The lowest BCUT2D eigenvalue weighted by Gasteiger charge is -2.35. The van der Waals surface area contributed by atoms with Crippen molar-refractivity contribution in [3.05, 3.63) is 91.0 Å². The van der Waals surface area contributed by atoms with E-state index in [1.54, 1.807) is 15.9 Å². The highest BCUT2D eigenvalue weighted by molar-refractivity contribution is 7.96. The average Bonchev–Trinajstić information content (AvgIpc) is 2.72. The van der Waals surface area contributed by atoms with Gasteiger partial charge in [-0.1, -0.05) is 73.9 Å². The van der Waals surface area contributed by atoms with Crippen LogP contribution in [-0.2, 0) is 0 Å². The molecular formula is C26H30IP. The van der Waals surface area contributed by atoms with E-state index in [2.05, 4.69) is 91.0 Å². The minimum absolute atomic E-state index is 0. The van der Waals surface area contributed by atoms with E-state index < -0.39 is 7.26 Å². The van der Waals surface area contributed by atoms with E-state index in [1.165, 1.54) is 44.9 Å². The Hall–Kier alpha value is -1.18. The molecule has 0 saturated heterocycles. The summed E-state index contributed by atoms with van der Waals surface area (Å²) in [6.45, 7) is 0. The first-order valence-corrected chi connectivity index (χ1v) is 12.3. The summed E-state index contributed by atoms with van der Waals surface area (Å²) >= 11 is 0. The van der Waals surface area contributed by atoms with Gasteiger partial charge in [-0.2, -0.15) is 0 Å². The molecule has 1 aliphatic carbocycles. The van der Waals surface area contributed by atoms with Crippen LogP contribution in [0.5, 0.6) is 0 Å². The fraction of sp³-hybridized carbons (Fsp3) is 0.308. The zero-order chi connectivity index (χ0) is 18.4. The standard InChI is InChI=1S/C26H30P.HI/c1-2-7-15-23(16-8-3-1)27(24-17-9-4-10-18-24,25-19-11-5-12-20-25)26-21-13-6-14-22-26;/h4-6,9-14,17-23H,1-3,7-8,15-16H2;1H/q+1;/p-1. The predicted molar refractivity (Wildman–Crippen MR) is 121 cm³/mol. The number of rotatable bonds is 4. The largest absolute Gasteiger partial charge is 1.00 e. The molecule has 28 heavy (non-hydrogen) atoms. The molecule has 0 aromatic heterocycles. The third-order valence-electron chi connectivity index (χ3n) is 6.11. The highest BCUT2D eigenvalue weighted by Crippen LogP contribution is 2.62. The molecule has 3 aromatic carbocycles. The van der Waals surface area contributed by atoms with Gasteiger partial charge in [-0.05, 0) is 62.1 Å². The average molecular weight is 500 g/mol. The van der Waals surface area contributed by atoms with Gasteiger partial charge in [0, 0.05) is 0 Å². The number of halogens is 1. The lowest BCUT2D eigenvalue weighted by molar-refractivity contribution is -0.00000531. The third-order valence-corrected chi connectivity index (χ3v) is 11.1. The molecule has 0 atom stereocenters. The molecule has 2 heteroatoms. The monoisotopic (exact) mass is 500 g/mol. The van der Waals surface area contributed by atoms with Gasteiger partial charge in [-0.15, -0.1) is 0 Å². The summed E-state index contributed by atoms with van der Waals surface area (Å²) in [4.78, 5) is 0. The molecule has 0 spiro atoms. The summed E-state index contributed by atoms with van der Waals surface area (Å²) in [5, 5.41) is 4.65. The maximum atomic E-state index is 2.40. The van der Waals surface area contributed by atoms with Crippen molar-refractivity contribution in [1.29, 1.82) is 0 Å². The number of hydrogen-bond acceptors (Lipinski definition) is 0. The lowest BCUT2D eigenvalue weighted by atomic mass is 10.0. The van der Waals surface area contributed by atoms with E-state index in [-0.39, 0.29) is 24.0 Å². The third kappa shape index (κ3) is 4.36. The van der Waals surface area contributed by atoms with Gasteiger partial charge in [-0.25, -0.2) is 0 Å². The molecule has 0 heterocycles. The summed E-state index contributed by atoms with van der Waals surface area (Å²) < 4.78 is 0. The molecule has 0 radical (unpaired) electrons. The molecule has 4 rings (SSSR count). The Morgan fingerprint density at radius 1 is 0.464 bits per heavy atom. The fourth-order valence-electron chi connectivity index (χ4n) is 4.89. The first kappa shape index (κ1) is 21.5. The van der Waals surface area contributed by atoms with Gasteiger partial charge >= 0.3 is 0 Å². The van der Waals surface area contributed by atoms with Gasteiger partial charge in [0.1, 0.15) is 23.2 Å². The maximum absolute atomic E-state index is 2.40. The Morgan fingerprint density at radius 3 is 1.14 bits per heavy atom. The van der Waals surface area contributed by atoms with Crippen molar-refractivity contribution in [1.82, 2.24) is 0 Å². The summed E-state index contributed by atoms with van der Waals surface area (Å²) in [6.07, 6.45) is 9.67. The second-order valence-corrected chi connectivity index (χ2v) is 11.5. The molecule has 146 valence electrons. The van der Waals surface area contributed by atoms with E-state index in [1.807, 2.05) is 0 Å². The molecule has 1 saturated carbocycles. The first-order chi connectivity index (χ1) is 13.4. The van der Waals surface area contributed by atoms with Gasteiger partial charge in [-0.3, -0.25) is 0 Å². The summed E-state index contributed by atoms with van der Waals surface area (Å²) in [5.41, 5.74) is 0.741. The topological polar surface area (TPSA) is 0 Å². The quantitative estimate of drug-likeness (QED) is 0.382. The predicted octanol–water partition coefficient (Wildman–Crippen LogP) is 3.10. The van der Waals surface area contributed by atoms with Gasteiger partial charge in [0.25, 0.3) is 0 Å². The fourth-order valence-corrected chi connectivity index (χ4v) is 10.1. The second-order valence-electron chi connectivity index (χ2n) is 7.73. The van der Waals surface area contributed by atoms with Crippen LogP contribution in [0.15, 0.2) is 91.0 Å². The maximum Gasteiger partial charge on any atom is 0.115 e. The SMILES string of the molecule is [I-].c1ccc([P+](c2ccccc2)(c2ccccc2)C2CCCCCCC2)cc1. The van der Waals surface area contributed by atoms with Crippen LogP contribution in [0.4, 0.5) is 0 Å². The molecule has 1 aliphatic rings. The molecule has 1 fully saturated rings. The zero-order valence-corrected chi connectivity index (χ0v) is 19.6. The zero-order valence-electron chi connectivity index (χ0n) is 16.5. The molecule has 0 aliphatic heterocycles. The van der Waals surface area contributed by atoms with Gasteiger partial charge < -0.3 is 24.0 Å². The molecular weight excluding hydrogens is 470 g/mol. The van der Waals surface area contributed by atoms with Crippen molar-refractivity contribution < 1.29 is 24.0 Å². The smallest absolute Gasteiger partial charge is 0.115 e. The first-order valence-electron chi connectivity index (χ1n) is 10.5. The van der Waals surface area contributed by atoms with Crippen LogP contribution in [0.3, 0.4) is 0 Å². The van der Waals surface area contributed by atoms with E-state index in [0.29, 0.717) is 0 Å². The Morgan fingerprint density at radius 2 is 0.786 bits per heavy atom. The van der Waals surface area contributed by atoms with Crippen LogP contribution < -0.4 is 39.9 Å². The molecule has 0 amide bonds. The van der Waals surface area contributed by atoms with Crippen molar-refractivity contribution in [2.45, 2.75) is 50.6 Å². The van der Waals surface area contributed by atoms with Gasteiger partial charge in [0.05, 0.1) is 5.66 Å². The summed E-state index contributed by atoms with van der Waals surface area (Å²) in [7, 11) is -1.68. The highest BCUT2D eigenvalue weighted by Gasteiger charge is 2.51. The van der Waals surface area contributed by atoms with Crippen molar-refractivity contribution in [2.75, 3.05) is 0 Å². The summed E-state index contributed by atoms with van der Waals surface area (Å²) in [6, 6.07) is 34.3. The molecule has 0 bridgehead atoms. The number of hydrogen-bond donors (Lipinski definition) is 0. The Kier molecular flexibility index (Phi) is 8.11. The van der Waals surface area contributed by atoms with Crippen molar-refractivity contribution in [3.63, 3.8) is 0 Å². The molecule has 0 nitrogen and oxygen atoms in total. The molecule has 3 aromatic rings. The molecule has 0 N–H and O–H groups in total. The normalized spacial score (nSPS) is 15.9. The number of benzene rings is 3. The Bertz CT molecular complexity index is 712. The van der Waals surface area contributed by atoms with Crippen LogP contribution in [0, 0.1) is 0 Å². The lowest BCUT2D eigenvalue weighted by Crippen LogP contribution is -3.00. The van der Waals surface area contributed by atoms with Crippen molar-refractivity contribution >= 4 is 23.2 Å². The van der Waals surface area contributed by atoms with Crippen LogP contribution >= 0.6 is 7.26 Å². The van der Waals surface area contributed by atoms with E-state index >= 15 is 0 Å². The summed E-state index contributed by atoms with van der Waals surface area (Å²) in [5.74, 6) is 0. The Balaban J connectivity index is 0.00000225. The van der Waals surface area contributed by atoms with Gasteiger partial charge in [0.15, 0.2) is 0 Å². The van der Waals surface area contributed by atoms with Crippen molar-refractivity contribution in [2.24, 2.45) is 0 Å².